The van der Waals surface area contributed by atoms with Gasteiger partial charge in [0.2, 0.25) is 0 Å². The number of aliphatic hydroxyl groups excluding tert-OH is 1. The van der Waals surface area contributed by atoms with Crippen molar-refractivity contribution < 1.29 is 5.11 Å². The SMILES string of the molecule is Cc1cccc([C@H](N)[C@@H](C)CO)c1. The van der Waals surface area contributed by atoms with Crippen LogP contribution in [0.4, 0.5) is 0 Å². The second kappa shape index (κ2) is 4.40. The van der Waals surface area contributed by atoms with Crippen molar-refractivity contribution in [3.63, 3.8) is 0 Å². The Morgan fingerprint density at radius 1 is 1.46 bits per heavy atom. The summed E-state index contributed by atoms with van der Waals surface area (Å²) >= 11 is 0. The molecule has 3 N–H and O–H groups in total. The van der Waals surface area contributed by atoms with Crippen LogP contribution in [0.2, 0.25) is 0 Å². The van der Waals surface area contributed by atoms with E-state index in [0.717, 1.165) is 5.56 Å². The highest BCUT2D eigenvalue weighted by Crippen LogP contribution is 2.19. The zero-order chi connectivity index (χ0) is 9.84. The van der Waals surface area contributed by atoms with Gasteiger partial charge in [0.25, 0.3) is 0 Å². The highest BCUT2D eigenvalue weighted by molar-refractivity contribution is 5.25. The maximum absolute atomic E-state index is 8.96. The fourth-order valence-corrected chi connectivity index (χ4v) is 1.32. The zero-order valence-corrected chi connectivity index (χ0v) is 8.20. The maximum atomic E-state index is 8.96. The molecule has 0 heterocycles. The minimum Gasteiger partial charge on any atom is -0.396 e. The van der Waals surface area contributed by atoms with Crippen molar-refractivity contribution in [2.24, 2.45) is 11.7 Å². The summed E-state index contributed by atoms with van der Waals surface area (Å²) in [4.78, 5) is 0. The van der Waals surface area contributed by atoms with E-state index in [2.05, 4.69) is 6.07 Å². The monoisotopic (exact) mass is 179 g/mol. The fraction of sp³-hybridized carbons (Fsp3) is 0.455. The molecule has 2 nitrogen and oxygen atoms in total. The van der Waals surface area contributed by atoms with Gasteiger partial charge in [0, 0.05) is 12.6 Å². The molecule has 0 aliphatic carbocycles. The van der Waals surface area contributed by atoms with Crippen molar-refractivity contribution >= 4 is 0 Å². The first kappa shape index (κ1) is 10.2. The van der Waals surface area contributed by atoms with E-state index < -0.39 is 0 Å². The van der Waals surface area contributed by atoms with Crippen molar-refractivity contribution in [3.05, 3.63) is 35.4 Å². The van der Waals surface area contributed by atoms with Crippen LogP contribution in [0, 0.1) is 12.8 Å². The summed E-state index contributed by atoms with van der Waals surface area (Å²) in [6, 6.07) is 8.04. The smallest absolute Gasteiger partial charge is 0.0474 e. The molecular weight excluding hydrogens is 162 g/mol. The number of hydrogen-bond donors (Lipinski definition) is 2. The molecule has 2 heteroatoms. The van der Waals surface area contributed by atoms with Crippen LogP contribution >= 0.6 is 0 Å². The Balaban J connectivity index is 2.82. The van der Waals surface area contributed by atoms with Crippen LogP contribution in [-0.4, -0.2) is 11.7 Å². The molecule has 0 unspecified atom stereocenters. The Bertz CT molecular complexity index is 273. The van der Waals surface area contributed by atoms with E-state index in [1.54, 1.807) is 0 Å². The highest BCUT2D eigenvalue weighted by Gasteiger charge is 2.13. The Kier molecular flexibility index (Phi) is 3.46. The number of aryl methyl sites for hydroxylation is 1. The molecule has 0 aliphatic heterocycles. The van der Waals surface area contributed by atoms with E-state index in [-0.39, 0.29) is 18.6 Å². The van der Waals surface area contributed by atoms with Crippen molar-refractivity contribution in [2.75, 3.05) is 6.61 Å². The van der Waals surface area contributed by atoms with Gasteiger partial charge in [-0.1, -0.05) is 36.8 Å². The van der Waals surface area contributed by atoms with Crippen molar-refractivity contribution in [2.45, 2.75) is 19.9 Å². The summed E-state index contributed by atoms with van der Waals surface area (Å²) in [7, 11) is 0. The summed E-state index contributed by atoms with van der Waals surface area (Å²) in [6.07, 6.45) is 0. The standard InChI is InChI=1S/C11H17NO/c1-8-4-3-5-10(6-8)11(12)9(2)7-13/h3-6,9,11,13H,7,12H2,1-2H3/t9-,11+/m0/s1. The molecule has 2 atom stereocenters. The van der Waals surface area contributed by atoms with Gasteiger partial charge in [0.15, 0.2) is 0 Å². The van der Waals surface area contributed by atoms with E-state index >= 15 is 0 Å². The van der Waals surface area contributed by atoms with Gasteiger partial charge in [-0.25, -0.2) is 0 Å². The third kappa shape index (κ3) is 2.54. The summed E-state index contributed by atoms with van der Waals surface area (Å²) in [5.41, 5.74) is 8.26. The van der Waals surface area contributed by atoms with E-state index in [0.29, 0.717) is 0 Å². The van der Waals surface area contributed by atoms with Crippen molar-refractivity contribution in [1.29, 1.82) is 0 Å². The van der Waals surface area contributed by atoms with Crippen LogP contribution in [0.5, 0.6) is 0 Å². The van der Waals surface area contributed by atoms with Crippen molar-refractivity contribution in [3.8, 4) is 0 Å². The third-order valence-electron chi connectivity index (χ3n) is 2.33. The predicted molar refractivity (Wildman–Crippen MR) is 54.4 cm³/mol. The predicted octanol–water partition coefficient (Wildman–Crippen LogP) is 1.62. The van der Waals surface area contributed by atoms with E-state index in [1.807, 2.05) is 32.0 Å². The third-order valence-corrected chi connectivity index (χ3v) is 2.33. The lowest BCUT2D eigenvalue weighted by Gasteiger charge is -2.18. The largest absolute Gasteiger partial charge is 0.396 e. The van der Waals surface area contributed by atoms with Gasteiger partial charge in [-0.2, -0.15) is 0 Å². The molecule has 1 aromatic rings. The Labute approximate surface area is 79.4 Å². The van der Waals surface area contributed by atoms with Gasteiger partial charge < -0.3 is 10.8 Å². The molecule has 0 saturated carbocycles. The molecular formula is C11H17NO. The number of aliphatic hydroxyl groups is 1. The molecule has 0 spiro atoms. The number of rotatable bonds is 3. The number of hydrogen-bond acceptors (Lipinski definition) is 2. The highest BCUT2D eigenvalue weighted by atomic mass is 16.3. The summed E-state index contributed by atoms with van der Waals surface area (Å²) < 4.78 is 0. The van der Waals surface area contributed by atoms with Crippen LogP contribution < -0.4 is 5.73 Å². The molecule has 0 fully saturated rings. The average Bonchev–Trinajstić information content (AvgIpc) is 2.15. The lowest BCUT2D eigenvalue weighted by Crippen LogP contribution is -2.21. The Morgan fingerprint density at radius 3 is 2.69 bits per heavy atom. The molecule has 0 aromatic heterocycles. The van der Waals surface area contributed by atoms with Gasteiger partial charge in [-0.3, -0.25) is 0 Å². The molecule has 0 bridgehead atoms. The van der Waals surface area contributed by atoms with Gasteiger partial charge in [-0.05, 0) is 18.4 Å². The Hall–Kier alpha value is -0.860. The van der Waals surface area contributed by atoms with Crippen LogP contribution in [0.15, 0.2) is 24.3 Å². The molecule has 1 aromatic carbocycles. The second-order valence-electron chi connectivity index (χ2n) is 3.60. The van der Waals surface area contributed by atoms with Crippen LogP contribution in [0.25, 0.3) is 0 Å². The van der Waals surface area contributed by atoms with Crippen LogP contribution in [-0.2, 0) is 0 Å². The molecule has 13 heavy (non-hydrogen) atoms. The average molecular weight is 179 g/mol. The molecule has 0 aliphatic rings. The number of nitrogens with two attached hydrogens (primary N) is 1. The fourth-order valence-electron chi connectivity index (χ4n) is 1.32. The van der Waals surface area contributed by atoms with Crippen molar-refractivity contribution in [1.82, 2.24) is 0 Å². The topological polar surface area (TPSA) is 46.2 Å². The zero-order valence-electron chi connectivity index (χ0n) is 8.20. The van der Waals surface area contributed by atoms with Gasteiger partial charge >= 0.3 is 0 Å². The first-order valence-electron chi connectivity index (χ1n) is 4.58. The molecule has 1 rings (SSSR count). The molecule has 0 amide bonds. The van der Waals surface area contributed by atoms with E-state index in [4.69, 9.17) is 10.8 Å². The molecule has 0 saturated heterocycles. The minimum absolute atomic E-state index is 0.0649. The minimum atomic E-state index is -0.0649. The van der Waals surface area contributed by atoms with Crippen LogP contribution in [0.1, 0.15) is 24.1 Å². The first-order valence-corrected chi connectivity index (χ1v) is 4.58. The second-order valence-corrected chi connectivity index (χ2v) is 3.60. The van der Waals surface area contributed by atoms with Gasteiger partial charge in [0.05, 0.1) is 0 Å². The van der Waals surface area contributed by atoms with Gasteiger partial charge in [-0.15, -0.1) is 0 Å². The van der Waals surface area contributed by atoms with E-state index in [1.165, 1.54) is 5.56 Å². The summed E-state index contributed by atoms with van der Waals surface area (Å²) in [6.45, 7) is 4.13. The van der Waals surface area contributed by atoms with Gasteiger partial charge in [0.1, 0.15) is 0 Å². The number of benzene rings is 1. The first-order chi connectivity index (χ1) is 6.15. The summed E-state index contributed by atoms with van der Waals surface area (Å²) in [5, 5.41) is 8.96. The summed E-state index contributed by atoms with van der Waals surface area (Å²) in [5.74, 6) is 0.113. The van der Waals surface area contributed by atoms with Crippen LogP contribution in [0.3, 0.4) is 0 Å². The quantitative estimate of drug-likeness (QED) is 0.740. The molecule has 0 radical (unpaired) electrons. The normalized spacial score (nSPS) is 15.4. The van der Waals surface area contributed by atoms with E-state index in [9.17, 15) is 0 Å². The lowest BCUT2D eigenvalue weighted by atomic mass is 9.95. The Morgan fingerprint density at radius 2 is 2.15 bits per heavy atom. The lowest BCUT2D eigenvalue weighted by molar-refractivity contribution is 0.217. The maximum Gasteiger partial charge on any atom is 0.0474 e. The molecule has 72 valence electrons.